The van der Waals surface area contributed by atoms with Crippen LogP contribution in [-0.2, 0) is 21.1 Å². The minimum absolute atomic E-state index is 0.948. The van der Waals surface area contributed by atoms with E-state index in [1.807, 2.05) is 6.20 Å². The molecule has 0 aliphatic carbocycles. The molecule has 0 aliphatic rings. The summed E-state index contributed by atoms with van der Waals surface area (Å²) in [7, 11) is 6.47. The molecule has 0 fully saturated rings. The van der Waals surface area contributed by atoms with Crippen LogP contribution in [0.2, 0.25) is 0 Å². The number of benzene rings is 5. The fourth-order valence-corrected chi connectivity index (χ4v) is 6.68. The van der Waals surface area contributed by atoms with E-state index in [4.69, 9.17) is 4.98 Å². The first-order valence-electron chi connectivity index (χ1n) is 13.3. The fourth-order valence-electron chi connectivity index (χ4n) is 6.68. The van der Waals surface area contributed by atoms with Crippen LogP contribution in [0.4, 0.5) is 0 Å². The molecular weight excluding hydrogens is 476 g/mol. The SMILES string of the molecule is Cn1c2ccccc2c2cccc(-c3ccnc(-c4cccc5c6c7ccccc7ccc6n(C)c45)[n+]3C)c21. The van der Waals surface area contributed by atoms with Crippen molar-refractivity contribution >= 4 is 54.4 Å². The van der Waals surface area contributed by atoms with Crippen LogP contribution in [0.3, 0.4) is 0 Å². The maximum absolute atomic E-state index is 4.95. The van der Waals surface area contributed by atoms with E-state index in [-0.39, 0.29) is 0 Å². The van der Waals surface area contributed by atoms with E-state index in [0.717, 1.165) is 17.1 Å². The smallest absolute Gasteiger partial charge is 0.332 e. The molecule has 5 aromatic carbocycles. The molecule has 0 saturated heterocycles. The summed E-state index contributed by atoms with van der Waals surface area (Å²) in [6, 6.07) is 37.1. The molecule has 4 heteroatoms. The second-order valence-electron chi connectivity index (χ2n) is 10.4. The van der Waals surface area contributed by atoms with E-state index in [1.165, 1.54) is 59.9 Å². The summed E-state index contributed by atoms with van der Waals surface area (Å²) in [5.41, 5.74) is 8.38. The van der Waals surface area contributed by atoms with Gasteiger partial charge in [0.25, 0.3) is 0 Å². The highest BCUT2D eigenvalue weighted by Gasteiger charge is 2.24. The van der Waals surface area contributed by atoms with Gasteiger partial charge in [-0.2, -0.15) is 0 Å². The molecule has 3 aromatic heterocycles. The highest BCUT2D eigenvalue weighted by atomic mass is 15.0. The highest BCUT2D eigenvalue weighted by molar-refractivity contribution is 6.22. The molecule has 0 amide bonds. The van der Waals surface area contributed by atoms with E-state index in [1.54, 1.807) is 0 Å². The molecule has 39 heavy (non-hydrogen) atoms. The Hall–Kier alpha value is -4.96. The average molecular weight is 504 g/mol. The van der Waals surface area contributed by atoms with Crippen molar-refractivity contribution in [2.45, 2.75) is 0 Å². The van der Waals surface area contributed by atoms with Crippen LogP contribution < -0.4 is 4.57 Å². The number of aryl methyl sites for hydroxylation is 2. The van der Waals surface area contributed by atoms with E-state index in [9.17, 15) is 0 Å². The number of aromatic nitrogens is 4. The standard InChI is InChI=1S/C35H27N4/c1-37-29-17-7-6-12-24(29)25-13-8-14-26(33(25)37)30-20-21-36-35(39(30)3)28-16-9-15-27-32-23-11-5-4-10-22(23)18-19-31(32)38(2)34(27)28/h4-21H,1-3H3/q+1. The summed E-state index contributed by atoms with van der Waals surface area (Å²) < 4.78 is 6.89. The van der Waals surface area contributed by atoms with Crippen LogP contribution in [0.1, 0.15) is 0 Å². The van der Waals surface area contributed by atoms with E-state index < -0.39 is 0 Å². The largest absolute Gasteiger partial charge is 0.343 e. The summed E-state index contributed by atoms with van der Waals surface area (Å²) >= 11 is 0. The number of nitrogens with zero attached hydrogens (tertiary/aromatic N) is 4. The van der Waals surface area contributed by atoms with Crippen LogP contribution >= 0.6 is 0 Å². The first-order valence-corrected chi connectivity index (χ1v) is 13.3. The van der Waals surface area contributed by atoms with Crippen molar-refractivity contribution in [2.75, 3.05) is 0 Å². The Bertz CT molecular complexity index is 2270. The first kappa shape index (κ1) is 22.1. The zero-order chi connectivity index (χ0) is 26.2. The molecule has 0 bridgehead atoms. The minimum Gasteiger partial charge on any atom is -0.343 e. The average Bonchev–Trinajstić information content (AvgIpc) is 3.45. The van der Waals surface area contributed by atoms with Crippen molar-refractivity contribution in [1.29, 1.82) is 0 Å². The van der Waals surface area contributed by atoms with Gasteiger partial charge >= 0.3 is 5.82 Å². The topological polar surface area (TPSA) is 26.6 Å². The van der Waals surface area contributed by atoms with Crippen molar-refractivity contribution in [1.82, 2.24) is 14.1 Å². The summed E-state index contributed by atoms with van der Waals surface area (Å²) in [6.07, 6.45) is 1.95. The van der Waals surface area contributed by atoms with Crippen molar-refractivity contribution in [3.05, 3.63) is 109 Å². The number of hydrogen-bond donors (Lipinski definition) is 0. The molecule has 0 atom stereocenters. The number of fused-ring (bicyclic) bond motifs is 8. The summed E-state index contributed by atoms with van der Waals surface area (Å²) in [4.78, 5) is 4.95. The molecule has 4 nitrogen and oxygen atoms in total. The van der Waals surface area contributed by atoms with Crippen LogP contribution in [0.15, 0.2) is 109 Å². The lowest BCUT2D eigenvalue weighted by molar-refractivity contribution is -0.651. The maximum atomic E-state index is 4.95. The van der Waals surface area contributed by atoms with Gasteiger partial charge in [0.15, 0.2) is 0 Å². The molecule has 0 aliphatic heterocycles. The Balaban J connectivity index is 1.42. The maximum Gasteiger partial charge on any atom is 0.332 e. The molecule has 8 rings (SSSR count). The molecule has 0 unspecified atom stereocenters. The summed E-state index contributed by atoms with van der Waals surface area (Å²) in [5.74, 6) is 0.948. The monoisotopic (exact) mass is 503 g/mol. The molecule has 8 aromatic rings. The van der Waals surface area contributed by atoms with Gasteiger partial charge in [-0.3, -0.25) is 0 Å². The van der Waals surface area contributed by atoms with Gasteiger partial charge in [-0.15, -0.1) is 0 Å². The van der Waals surface area contributed by atoms with Crippen LogP contribution in [0.25, 0.3) is 77.0 Å². The molecule has 0 radical (unpaired) electrons. The fraction of sp³-hybridized carbons (Fsp3) is 0.0857. The van der Waals surface area contributed by atoms with Gasteiger partial charge in [0.05, 0.1) is 23.6 Å². The van der Waals surface area contributed by atoms with Gasteiger partial charge in [-0.05, 0) is 40.0 Å². The van der Waals surface area contributed by atoms with Crippen LogP contribution in [-0.4, -0.2) is 14.1 Å². The third-order valence-corrected chi connectivity index (χ3v) is 8.46. The second kappa shape index (κ2) is 8.02. The summed E-state index contributed by atoms with van der Waals surface area (Å²) in [6.45, 7) is 0. The molecule has 3 heterocycles. The number of rotatable bonds is 2. The Morgan fingerprint density at radius 2 is 1.23 bits per heavy atom. The lowest BCUT2D eigenvalue weighted by atomic mass is 10.0. The van der Waals surface area contributed by atoms with E-state index >= 15 is 0 Å². The van der Waals surface area contributed by atoms with Gasteiger partial charge in [-0.1, -0.05) is 72.8 Å². The number of hydrogen-bond acceptors (Lipinski definition) is 1. The summed E-state index contributed by atoms with van der Waals surface area (Å²) in [5, 5.41) is 7.65. The molecule has 0 spiro atoms. The Kier molecular flexibility index (Phi) is 4.54. The van der Waals surface area contributed by atoms with Crippen molar-refractivity contribution in [2.24, 2.45) is 21.1 Å². The quantitative estimate of drug-likeness (QED) is 0.222. The predicted octanol–water partition coefficient (Wildman–Crippen LogP) is 7.68. The molecular formula is C35H27N4+. The van der Waals surface area contributed by atoms with Gasteiger partial charge in [0.2, 0.25) is 0 Å². The Morgan fingerprint density at radius 3 is 2.10 bits per heavy atom. The van der Waals surface area contributed by atoms with Crippen LogP contribution in [0, 0.1) is 0 Å². The van der Waals surface area contributed by atoms with Gasteiger partial charge in [0, 0.05) is 58.3 Å². The molecule has 0 N–H and O–H groups in total. The zero-order valence-electron chi connectivity index (χ0n) is 22.2. The third-order valence-electron chi connectivity index (χ3n) is 8.46. The Morgan fingerprint density at radius 1 is 0.564 bits per heavy atom. The number of para-hydroxylation sites is 3. The third kappa shape index (κ3) is 2.94. The van der Waals surface area contributed by atoms with Crippen LogP contribution in [0.5, 0.6) is 0 Å². The van der Waals surface area contributed by atoms with Gasteiger partial charge in [0.1, 0.15) is 11.9 Å². The second-order valence-corrected chi connectivity index (χ2v) is 10.4. The highest BCUT2D eigenvalue weighted by Crippen LogP contribution is 2.38. The molecule has 0 saturated carbocycles. The van der Waals surface area contributed by atoms with Crippen molar-refractivity contribution < 1.29 is 4.57 Å². The lowest BCUT2D eigenvalue weighted by Gasteiger charge is -2.10. The lowest BCUT2D eigenvalue weighted by Crippen LogP contribution is -2.35. The minimum atomic E-state index is 0.948. The van der Waals surface area contributed by atoms with Crippen molar-refractivity contribution in [3.8, 4) is 22.6 Å². The normalized spacial score (nSPS) is 12.0. The zero-order valence-corrected chi connectivity index (χ0v) is 22.2. The van der Waals surface area contributed by atoms with Gasteiger partial charge in [-0.25, -0.2) is 4.57 Å². The predicted molar refractivity (Wildman–Crippen MR) is 162 cm³/mol. The van der Waals surface area contributed by atoms with E-state index in [0.29, 0.717) is 0 Å². The van der Waals surface area contributed by atoms with Gasteiger partial charge < -0.3 is 9.13 Å². The Labute approximate surface area is 226 Å². The van der Waals surface area contributed by atoms with E-state index in [2.05, 4.69) is 138 Å². The molecule has 186 valence electrons. The van der Waals surface area contributed by atoms with Crippen molar-refractivity contribution in [3.63, 3.8) is 0 Å². The first-order chi connectivity index (χ1) is 19.1.